The molecule has 5 nitrogen and oxygen atoms in total. The topological polar surface area (TPSA) is 76.0 Å². The van der Waals surface area contributed by atoms with Crippen LogP contribution in [0.2, 0.25) is 0 Å². The average Bonchev–Trinajstić information content (AvgIpc) is 2.89. The number of cyclic esters (lactones) is 1. The molecule has 0 bridgehead atoms. The van der Waals surface area contributed by atoms with Crippen molar-refractivity contribution in [3.8, 4) is 0 Å². The lowest BCUT2D eigenvalue weighted by Gasteiger charge is -1.99. The van der Waals surface area contributed by atoms with E-state index in [9.17, 15) is 14.0 Å². The number of nitrogens with zero attached hydrogens (tertiary/aromatic N) is 1. The molecule has 0 aliphatic carbocycles. The number of aliphatic imine (C=N–C) groups is 1. The lowest BCUT2D eigenvalue weighted by atomic mass is 10.1. The van der Waals surface area contributed by atoms with Gasteiger partial charge < -0.3 is 9.84 Å². The molecule has 3 rings (SSSR count). The zero-order valence-corrected chi connectivity index (χ0v) is 11.7. The molecule has 0 radical (unpaired) electrons. The molecule has 0 fully saturated rings. The molecule has 114 valence electrons. The number of ether oxygens (including phenoxy) is 1. The van der Waals surface area contributed by atoms with E-state index in [1.54, 1.807) is 18.2 Å². The fourth-order valence-electron chi connectivity index (χ4n) is 2.04. The minimum atomic E-state index is -1.04. The van der Waals surface area contributed by atoms with Gasteiger partial charge in [-0.3, -0.25) is 0 Å². The van der Waals surface area contributed by atoms with Crippen molar-refractivity contribution in [1.29, 1.82) is 0 Å². The third-order valence-corrected chi connectivity index (χ3v) is 3.19. The van der Waals surface area contributed by atoms with Crippen molar-refractivity contribution in [3.05, 3.63) is 76.7 Å². The lowest BCUT2D eigenvalue weighted by molar-refractivity contribution is -0.129. The summed E-state index contributed by atoms with van der Waals surface area (Å²) in [7, 11) is 0. The summed E-state index contributed by atoms with van der Waals surface area (Å²) in [6.07, 6.45) is 1.45. The summed E-state index contributed by atoms with van der Waals surface area (Å²) in [5, 5.41) is 8.84. The van der Waals surface area contributed by atoms with Crippen LogP contribution in [0.3, 0.4) is 0 Å². The summed E-state index contributed by atoms with van der Waals surface area (Å²) in [5.41, 5.74) is 0.842. The smallest absolute Gasteiger partial charge is 0.363 e. The summed E-state index contributed by atoms with van der Waals surface area (Å²) in [6.45, 7) is 0. The van der Waals surface area contributed by atoms with Crippen molar-refractivity contribution in [2.45, 2.75) is 0 Å². The first kappa shape index (κ1) is 14.6. The van der Waals surface area contributed by atoms with Crippen LogP contribution in [0, 0.1) is 5.82 Å². The summed E-state index contributed by atoms with van der Waals surface area (Å²) in [5.74, 6) is -2.36. The van der Waals surface area contributed by atoms with Gasteiger partial charge in [-0.25, -0.2) is 19.0 Å². The number of halogens is 1. The number of hydrogen-bond acceptors (Lipinski definition) is 4. The van der Waals surface area contributed by atoms with Crippen LogP contribution in [-0.4, -0.2) is 22.9 Å². The van der Waals surface area contributed by atoms with Crippen molar-refractivity contribution in [2.75, 3.05) is 0 Å². The van der Waals surface area contributed by atoms with E-state index in [0.717, 1.165) is 0 Å². The van der Waals surface area contributed by atoms with Crippen molar-refractivity contribution >= 4 is 23.9 Å². The van der Waals surface area contributed by atoms with Crippen LogP contribution in [0.25, 0.3) is 6.08 Å². The highest BCUT2D eigenvalue weighted by molar-refractivity contribution is 6.12. The standard InChI is InChI=1S/C17H10FNO4/c18-13-4-2-1-3-12(13)15-19-14(17(22)23-15)9-10-5-7-11(8-6-10)16(20)21/h1-9H,(H,20,21)/b14-9-. The Hall–Kier alpha value is -3.28. The van der Waals surface area contributed by atoms with E-state index in [1.807, 2.05) is 0 Å². The van der Waals surface area contributed by atoms with Gasteiger partial charge in [0.15, 0.2) is 5.70 Å². The second kappa shape index (κ2) is 5.84. The molecular weight excluding hydrogens is 301 g/mol. The first-order chi connectivity index (χ1) is 11.0. The van der Waals surface area contributed by atoms with E-state index in [4.69, 9.17) is 9.84 Å². The number of carbonyl (C=O) groups excluding carboxylic acids is 1. The highest BCUT2D eigenvalue weighted by Gasteiger charge is 2.25. The largest absolute Gasteiger partial charge is 0.478 e. The Morgan fingerprint density at radius 1 is 1.13 bits per heavy atom. The first-order valence-corrected chi connectivity index (χ1v) is 6.65. The molecular formula is C17H10FNO4. The van der Waals surface area contributed by atoms with Gasteiger partial charge >= 0.3 is 11.9 Å². The van der Waals surface area contributed by atoms with Crippen LogP contribution in [0.15, 0.2) is 59.2 Å². The van der Waals surface area contributed by atoms with Crippen molar-refractivity contribution in [2.24, 2.45) is 4.99 Å². The van der Waals surface area contributed by atoms with Gasteiger partial charge in [0.2, 0.25) is 5.90 Å². The Kier molecular flexibility index (Phi) is 3.72. The lowest BCUT2D eigenvalue weighted by Crippen LogP contribution is -2.07. The summed E-state index contributed by atoms with van der Waals surface area (Å²) < 4.78 is 18.7. The molecule has 1 N–H and O–H groups in total. The number of carboxylic acid groups (broad SMARTS) is 1. The minimum absolute atomic E-state index is 0.0197. The SMILES string of the molecule is O=C1OC(c2ccccc2F)=N/C1=C\c1ccc(C(=O)O)cc1. The van der Waals surface area contributed by atoms with Crippen LogP contribution >= 0.6 is 0 Å². The van der Waals surface area contributed by atoms with Crippen LogP contribution in [-0.2, 0) is 9.53 Å². The second-order valence-electron chi connectivity index (χ2n) is 4.74. The van der Waals surface area contributed by atoms with Crippen LogP contribution in [0.1, 0.15) is 21.5 Å². The van der Waals surface area contributed by atoms with Gasteiger partial charge in [-0.15, -0.1) is 0 Å². The molecule has 0 amide bonds. The molecule has 1 aliphatic heterocycles. The van der Waals surface area contributed by atoms with Gasteiger partial charge in [0.1, 0.15) is 5.82 Å². The van der Waals surface area contributed by atoms with Gasteiger partial charge in [-0.1, -0.05) is 24.3 Å². The van der Waals surface area contributed by atoms with Gasteiger partial charge in [-0.05, 0) is 35.9 Å². The molecule has 0 spiro atoms. The Balaban J connectivity index is 1.92. The third-order valence-electron chi connectivity index (χ3n) is 3.19. The summed E-state index contributed by atoms with van der Waals surface area (Å²) in [6, 6.07) is 11.8. The van der Waals surface area contributed by atoms with E-state index in [-0.39, 0.29) is 22.7 Å². The normalized spacial score (nSPS) is 15.4. The van der Waals surface area contributed by atoms with Crippen molar-refractivity contribution in [3.63, 3.8) is 0 Å². The monoisotopic (exact) mass is 311 g/mol. The first-order valence-electron chi connectivity index (χ1n) is 6.65. The fraction of sp³-hybridized carbons (Fsp3) is 0. The van der Waals surface area contributed by atoms with Crippen molar-refractivity contribution in [1.82, 2.24) is 0 Å². The Morgan fingerprint density at radius 2 is 1.83 bits per heavy atom. The number of hydrogen-bond donors (Lipinski definition) is 1. The van der Waals surface area contributed by atoms with E-state index in [2.05, 4.69) is 4.99 Å². The van der Waals surface area contributed by atoms with Crippen LogP contribution in [0.5, 0.6) is 0 Å². The van der Waals surface area contributed by atoms with Gasteiger partial charge in [0, 0.05) is 0 Å². The van der Waals surface area contributed by atoms with Crippen molar-refractivity contribution < 1.29 is 23.8 Å². The molecule has 0 atom stereocenters. The predicted octanol–water partition coefficient (Wildman–Crippen LogP) is 2.87. The number of benzene rings is 2. The summed E-state index contributed by atoms with van der Waals surface area (Å²) in [4.78, 5) is 26.6. The van der Waals surface area contributed by atoms with E-state index in [0.29, 0.717) is 5.56 Å². The maximum atomic E-state index is 13.7. The predicted molar refractivity (Wildman–Crippen MR) is 80.4 cm³/mol. The highest BCUT2D eigenvalue weighted by Crippen LogP contribution is 2.20. The number of esters is 1. The Morgan fingerprint density at radius 3 is 2.48 bits per heavy atom. The molecule has 2 aromatic rings. The summed E-state index contributed by atoms with van der Waals surface area (Å²) >= 11 is 0. The molecule has 0 unspecified atom stereocenters. The second-order valence-corrected chi connectivity index (χ2v) is 4.74. The Bertz CT molecular complexity index is 853. The number of carbonyl (C=O) groups is 2. The maximum Gasteiger partial charge on any atom is 0.363 e. The highest BCUT2D eigenvalue weighted by atomic mass is 19.1. The molecule has 0 saturated carbocycles. The quantitative estimate of drug-likeness (QED) is 0.698. The molecule has 6 heteroatoms. The van der Waals surface area contributed by atoms with E-state index < -0.39 is 17.8 Å². The van der Waals surface area contributed by atoms with E-state index >= 15 is 0 Å². The van der Waals surface area contributed by atoms with Gasteiger partial charge in [0.05, 0.1) is 11.1 Å². The number of carboxylic acids is 1. The fourth-order valence-corrected chi connectivity index (χ4v) is 2.04. The minimum Gasteiger partial charge on any atom is -0.478 e. The molecule has 2 aromatic carbocycles. The third kappa shape index (κ3) is 3.01. The molecule has 23 heavy (non-hydrogen) atoms. The average molecular weight is 311 g/mol. The van der Waals surface area contributed by atoms with Gasteiger partial charge in [0.25, 0.3) is 0 Å². The zero-order chi connectivity index (χ0) is 16.4. The zero-order valence-electron chi connectivity index (χ0n) is 11.7. The van der Waals surface area contributed by atoms with Crippen LogP contribution in [0.4, 0.5) is 4.39 Å². The number of aromatic carboxylic acids is 1. The Labute approximate surface area is 130 Å². The van der Waals surface area contributed by atoms with Gasteiger partial charge in [-0.2, -0.15) is 0 Å². The van der Waals surface area contributed by atoms with E-state index in [1.165, 1.54) is 36.4 Å². The maximum absolute atomic E-state index is 13.7. The molecule has 0 aromatic heterocycles. The molecule has 1 heterocycles. The van der Waals surface area contributed by atoms with Crippen LogP contribution < -0.4 is 0 Å². The molecule has 1 aliphatic rings. The number of rotatable bonds is 3. The molecule has 0 saturated heterocycles.